The van der Waals surface area contributed by atoms with Gasteiger partial charge in [-0.2, -0.15) is 0 Å². The molecule has 1 unspecified atom stereocenters. The summed E-state index contributed by atoms with van der Waals surface area (Å²) in [7, 11) is -2.43. The van der Waals surface area contributed by atoms with E-state index < -0.39 is 7.14 Å². The van der Waals surface area contributed by atoms with Crippen molar-refractivity contribution < 1.29 is 4.57 Å². The molecule has 2 aromatic carbocycles. The highest BCUT2D eigenvalue weighted by atomic mass is 31.2. The first-order valence-electron chi connectivity index (χ1n) is 7.55. The van der Waals surface area contributed by atoms with E-state index >= 15 is 0 Å². The Morgan fingerprint density at radius 3 is 1.95 bits per heavy atom. The van der Waals surface area contributed by atoms with Crippen molar-refractivity contribution in [2.75, 3.05) is 0 Å². The van der Waals surface area contributed by atoms with Crippen molar-refractivity contribution in [1.29, 1.82) is 0 Å². The van der Waals surface area contributed by atoms with Crippen LogP contribution in [0.3, 0.4) is 0 Å². The molecular weight excluding hydrogens is 275 g/mol. The van der Waals surface area contributed by atoms with Crippen LogP contribution in [0.5, 0.6) is 0 Å². The van der Waals surface area contributed by atoms with E-state index in [0.29, 0.717) is 6.16 Å². The monoisotopic (exact) mass is 300 g/mol. The zero-order valence-electron chi connectivity index (χ0n) is 13.7. The largest absolute Gasteiger partial charge is 0.318 e. The Hall–Kier alpha value is -1.33. The minimum Gasteiger partial charge on any atom is -0.318 e. The first kappa shape index (κ1) is 16.0. The normalized spacial score (nSPS) is 14.2. The molecule has 0 heterocycles. The van der Waals surface area contributed by atoms with Crippen molar-refractivity contribution in [3.05, 3.63) is 64.7 Å². The Kier molecular flexibility index (Phi) is 4.74. The van der Waals surface area contributed by atoms with Gasteiger partial charge in [0.05, 0.1) is 0 Å². The summed E-state index contributed by atoms with van der Waals surface area (Å²) in [6.07, 6.45) is 0.659. The zero-order valence-corrected chi connectivity index (χ0v) is 14.6. The Bertz CT molecular complexity index is 648. The van der Waals surface area contributed by atoms with Crippen LogP contribution in [0, 0.1) is 20.8 Å². The van der Waals surface area contributed by atoms with Crippen LogP contribution in [-0.4, -0.2) is 5.66 Å². The van der Waals surface area contributed by atoms with Gasteiger partial charge in [0.25, 0.3) is 0 Å². The van der Waals surface area contributed by atoms with Crippen LogP contribution in [-0.2, 0) is 10.7 Å². The van der Waals surface area contributed by atoms with Gasteiger partial charge in [-0.25, -0.2) is 0 Å². The highest BCUT2D eigenvalue weighted by Gasteiger charge is 2.30. The predicted octanol–water partition coefficient (Wildman–Crippen LogP) is 5.21. The third-order valence-electron chi connectivity index (χ3n) is 4.26. The zero-order chi connectivity index (χ0) is 15.6. The predicted molar refractivity (Wildman–Crippen MR) is 93.2 cm³/mol. The van der Waals surface area contributed by atoms with Gasteiger partial charge in [0, 0.05) is 17.1 Å². The van der Waals surface area contributed by atoms with Crippen LogP contribution in [0.15, 0.2) is 42.5 Å². The molecule has 2 heteroatoms. The molecule has 0 aliphatic heterocycles. The third kappa shape index (κ3) is 3.30. The fraction of sp³-hybridized carbons (Fsp3) is 0.368. The molecule has 0 aliphatic rings. The van der Waals surface area contributed by atoms with Crippen molar-refractivity contribution in [1.82, 2.24) is 0 Å². The molecule has 0 N–H and O–H groups in total. The molecule has 0 saturated heterocycles. The summed E-state index contributed by atoms with van der Waals surface area (Å²) in [6, 6.07) is 14.4. The topological polar surface area (TPSA) is 17.1 Å². The smallest absolute Gasteiger partial charge is 0.122 e. The summed E-state index contributed by atoms with van der Waals surface area (Å²) in [5.74, 6) is 0. The van der Waals surface area contributed by atoms with Crippen molar-refractivity contribution in [2.24, 2.45) is 0 Å². The van der Waals surface area contributed by atoms with Gasteiger partial charge >= 0.3 is 0 Å². The van der Waals surface area contributed by atoms with Crippen molar-refractivity contribution in [3.8, 4) is 0 Å². The molecule has 1 nitrogen and oxygen atoms in total. The van der Waals surface area contributed by atoms with Gasteiger partial charge in [-0.3, -0.25) is 0 Å². The Morgan fingerprint density at radius 2 is 1.48 bits per heavy atom. The molecule has 0 spiro atoms. The summed E-state index contributed by atoms with van der Waals surface area (Å²) < 4.78 is 13.7. The van der Waals surface area contributed by atoms with E-state index in [9.17, 15) is 4.57 Å². The summed E-state index contributed by atoms with van der Waals surface area (Å²) in [5, 5.41) is 0.999. The van der Waals surface area contributed by atoms with Crippen LogP contribution in [0.1, 0.15) is 36.1 Å². The first-order valence-corrected chi connectivity index (χ1v) is 9.52. The van der Waals surface area contributed by atoms with E-state index in [0.717, 1.165) is 5.30 Å². The van der Waals surface area contributed by atoms with Crippen molar-refractivity contribution in [2.45, 2.75) is 46.4 Å². The lowest BCUT2D eigenvalue weighted by molar-refractivity contribution is 0.574. The van der Waals surface area contributed by atoms with Gasteiger partial charge in [-0.1, -0.05) is 61.9 Å². The van der Waals surface area contributed by atoms with E-state index in [4.69, 9.17) is 0 Å². The van der Waals surface area contributed by atoms with Gasteiger partial charge < -0.3 is 4.57 Å². The molecule has 0 fully saturated rings. The molecule has 112 valence electrons. The standard InChI is InChI=1S/C19H25OP/c1-14(2)21(20,18-9-7-6-8-10-18)13-19-16(4)11-15(3)12-17(19)5/h6-12,14H,13H2,1-5H3. The summed E-state index contributed by atoms with van der Waals surface area (Å²) in [6.45, 7) is 10.5. The number of benzene rings is 2. The lowest BCUT2D eigenvalue weighted by Crippen LogP contribution is -2.15. The number of rotatable bonds is 4. The quantitative estimate of drug-likeness (QED) is 0.708. The van der Waals surface area contributed by atoms with Crippen LogP contribution in [0.4, 0.5) is 0 Å². The average molecular weight is 300 g/mol. The fourth-order valence-electron chi connectivity index (χ4n) is 2.95. The molecule has 0 amide bonds. The minimum atomic E-state index is -2.43. The number of hydrogen-bond donors (Lipinski definition) is 0. The second-order valence-electron chi connectivity index (χ2n) is 6.26. The second-order valence-corrected chi connectivity index (χ2v) is 9.72. The summed E-state index contributed by atoms with van der Waals surface area (Å²) in [4.78, 5) is 0. The number of hydrogen-bond acceptors (Lipinski definition) is 1. The Labute approximate surface area is 128 Å². The van der Waals surface area contributed by atoms with E-state index in [1.54, 1.807) is 0 Å². The molecule has 0 radical (unpaired) electrons. The van der Waals surface area contributed by atoms with Crippen LogP contribution in [0.25, 0.3) is 0 Å². The molecule has 2 rings (SSSR count). The van der Waals surface area contributed by atoms with Crippen molar-refractivity contribution >= 4 is 12.4 Å². The lowest BCUT2D eigenvalue weighted by Gasteiger charge is -2.25. The molecule has 21 heavy (non-hydrogen) atoms. The SMILES string of the molecule is Cc1cc(C)c(CP(=O)(c2ccccc2)C(C)C)c(C)c1. The molecule has 0 aromatic heterocycles. The fourth-order valence-corrected chi connectivity index (χ4v) is 5.74. The third-order valence-corrected chi connectivity index (χ3v) is 7.89. The van der Waals surface area contributed by atoms with E-state index in [1.165, 1.54) is 22.3 Å². The minimum absolute atomic E-state index is 0.153. The maximum absolute atomic E-state index is 13.7. The van der Waals surface area contributed by atoms with E-state index in [1.807, 2.05) is 30.3 Å². The van der Waals surface area contributed by atoms with E-state index in [-0.39, 0.29) is 5.66 Å². The summed E-state index contributed by atoms with van der Waals surface area (Å²) in [5.41, 5.74) is 5.18. The van der Waals surface area contributed by atoms with Crippen molar-refractivity contribution in [3.63, 3.8) is 0 Å². The molecular formula is C19H25OP. The van der Waals surface area contributed by atoms with Gasteiger partial charge in [0.2, 0.25) is 0 Å². The second kappa shape index (κ2) is 6.20. The number of aryl methyl sites for hydroxylation is 3. The van der Waals surface area contributed by atoms with Gasteiger partial charge in [-0.05, 0) is 37.5 Å². The van der Waals surface area contributed by atoms with Gasteiger partial charge in [0.15, 0.2) is 0 Å². The molecule has 1 atom stereocenters. The van der Waals surface area contributed by atoms with Crippen LogP contribution < -0.4 is 5.30 Å². The maximum atomic E-state index is 13.7. The highest BCUT2D eigenvalue weighted by molar-refractivity contribution is 7.71. The molecule has 0 aliphatic carbocycles. The molecule has 0 saturated carbocycles. The Balaban J connectivity index is 2.50. The average Bonchev–Trinajstić information content (AvgIpc) is 2.43. The van der Waals surface area contributed by atoms with E-state index in [2.05, 4.69) is 46.8 Å². The Morgan fingerprint density at radius 1 is 0.952 bits per heavy atom. The first-order chi connectivity index (χ1) is 9.84. The molecule has 2 aromatic rings. The lowest BCUT2D eigenvalue weighted by atomic mass is 10.0. The summed E-state index contributed by atoms with van der Waals surface area (Å²) >= 11 is 0. The maximum Gasteiger partial charge on any atom is 0.122 e. The molecule has 0 bridgehead atoms. The van der Waals surface area contributed by atoms with Crippen LogP contribution >= 0.6 is 7.14 Å². The van der Waals surface area contributed by atoms with Gasteiger partial charge in [0.1, 0.15) is 7.14 Å². The highest BCUT2D eigenvalue weighted by Crippen LogP contribution is 2.53. The van der Waals surface area contributed by atoms with Crippen LogP contribution in [0.2, 0.25) is 0 Å². The van der Waals surface area contributed by atoms with Gasteiger partial charge in [-0.15, -0.1) is 0 Å².